The van der Waals surface area contributed by atoms with Gasteiger partial charge in [-0.1, -0.05) is 43.3 Å². The first kappa shape index (κ1) is 24.9. The van der Waals surface area contributed by atoms with Gasteiger partial charge in [0.2, 0.25) is 0 Å². The lowest BCUT2D eigenvalue weighted by Gasteiger charge is -2.20. The Kier molecular flexibility index (Phi) is 7.58. The van der Waals surface area contributed by atoms with Crippen molar-refractivity contribution in [2.24, 2.45) is 5.41 Å². The van der Waals surface area contributed by atoms with Gasteiger partial charge in [0.25, 0.3) is 0 Å². The van der Waals surface area contributed by atoms with Gasteiger partial charge in [-0.05, 0) is 69.2 Å². The molecule has 174 valence electrons. The highest BCUT2D eigenvalue weighted by atomic mass is 32.2. The van der Waals surface area contributed by atoms with E-state index in [1.54, 1.807) is 30.3 Å². The largest absolute Gasteiger partial charge is 0.426 e. The van der Waals surface area contributed by atoms with Gasteiger partial charge in [-0.3, -0.25) is 4.79 Å². The van der Waals surface area contributed by atoms with Crippen LogP contribution in [0.25, 0.3) is 0 Å². The van der Waals surface area contributed by atoms with E-state index in [0.717, 1.165) is 14.7 Å². The summed E-state index contributed by atoms with van der Waals surface area (Å²) in [6, 6.07) is 23.7. The zero-order chi connectivity index (χ0) is 24.2. The van der Waals surface area contributed by atoms with Crippen molar-refractivity contribution in [1.82, 2.24) is 0 Å². The summed E-state index contributed by atoms with van der Waals surface area (Å²) in [6.07, 6.45) is -3.63. The molecule has 2 nitrogen and oxygen atoms in total. The highest BCUT2D eigenvalue weighted by molar-refractivity contribution is 7.97. The lowest BCUT2D eigenvalue weighted by Crippen LogP contribution is -2.28. The molecule has 0 aliphatic carbocycles. The van der Waals surface area contributed by atoms with Crippen molar-refractivity contribution >= 4 is 16.9 Å². The van der Waals surface area contributed by atoms with E-state index in [1.807, 2.05) is 69.3 Å². The predicted molar refractivity (Wildman–Crippen MR) is 126 cm³/mol. The SMILES string of the molecule is CCC(C)(C)C(=O)Oc1cccc([S+](c2ccccc2)c2ccc(C(C)C(F)(F)F)cc2)c1. The number of hydrogen-bond acceptors (Lipinski definition) is 2. The molecule has 0 saturated carbocycles. The van der Waals surface area contributed by atoms with E-state index in [0.29, 0.717) is 12.2 Å². The molecule has 0 N–H and O–H groups in total. The molecule has 33 heavy (non-hydrogen) atoms. The molecule has 3 aromatic rings. The van der Waals surface area contributed by atoms with Crippen LogP contribution in [0.3, 0.4) is 0 Å². The van der Waals surface area contributed by atoms with Crippen molar-refractivity contribution in [3.63, 3.8) is 0 Å². The number of carbonyl (C=O) groups is 1. The van der Waals surface area contributed by atoms with Crippen LogP contribution >= 0.6 is 0 Å². The van der Waals surface area contributed by atoms with Crippen molar-refractivity contribution in [2.75, 3.05) is 0 Å². The van der Waals surface area contributed by atoms with Crippen LogP contribution in [0.2, 0.25) is 0 Å². The molecule has 0 aliphatic heterocycles. The Labute approximate surface area is 196 Å². The Morgan fingerprint density at radius 1 is 0.879 bits per heavy atom. The molecule has 0 spiro atoms. The average molecular weight is 474 g/mol. The van der Waals surface area contributed by atoms with Crippen molar-refractivity contribution in [2.45, 2.75) is 60.9 Å². The number of esters is 1. The Hall–Kier alpha value is -2.73. The van der Waals surface area contributed by atoms with Crippen molar-refractivity contribution < 1.29 is 22.7 Å². The Balaban J connectivity index is 1.99. The van der Waals surface area contributed by atoms with Crippen LogP contribution in [0.1, 0.15) is 45.6 Å². The molecule has 6 heteroatoms. The first-order valence-corrected chi connectivity index (χ1v) is 12.0. The monoisotopic (exact) mass is 473 g/mol. The summed E-state index contributed by atoms with van der Waals surface area (Å²) >= 11 is 0. The fourth-order valence-corrected chi connectivity index (χ4v) is 5.20. The molecular weight excluding hydrogens is 445 g/mol. The normalized spacial score (nSPS) is 13.9. The van der Waals surface area contributed by atoms with Gasteiger partial charge in [-0.2, -0.15) is 13.2 Å². The number of hydrogen-bond donors (Lipinski definition) is 0. The molecule has 0 saturated heterocycles. The number of carbonyl (C=O) groups excluding carboxylic acids is 1. The van der Waals surface area contributed by atoms with Crippen LogP contribution in [0.15, 0.2) is 93.5 Å². The Morgan fingerprint density at radius 3 is 2.03 bits per heavy atom. The lowest BCUT2D eigenvalue weighted by atomic mass is 9.91. The van der Waals surface area contributed by atoms with Gasteiger partial charge in [0.1, 0.15) is 5.75 Å². The van der Waals surface area contributed by atoms with E-state index in [9.17, 15) is 18.0 Å². The molecule has 2 atom stereocenters. The van der Waals surface area contributed by atoms with Gasteiger partial charge in [0.15, 0.2) is 14.7 Å². The number of halogens is 3. The molecular formula is C27H28F3O2S+. The predicted octanol–water partition coefficient (Wildman–Crippen LogP) is 7.79. The van der Waals surface area contributed by atoms with Crippen LogP contribution in [0, 0.1) is 5.41 Å². The number of ether oxygens (including phenoxy) is 1. The molecule has 0 bridgehead atoms. The Morgan fingerprint density at radius 2 is 1.45 bits per heavy atom. The molecule has 0 aromatic heterocycles. The van der Waals surface area contributed by atoms with Gasteiger partial charge in [0.05, 0.1) is 22.2 Å². The van der Waals surface area contributed by atoms with Crippen molar-refractivity contribution in [1.29, 1.82) is 0 Å². The second kappa shape index (κ2) is 10.0. The van der Waals surface area contributed by atoms with Crippen molar-refractivity contribution in [3.05, 3.63) is 84.4 Å². The third-order valence-corrected chi connectivity index (χ3v) is 7.99. The molecule has 0 radical (unpaired) electrons. The van der Waals surface area contributed by atoms with E-state index < -0.39 is 28.4 Å². The Bertz CT molecular complexity index is 1080. The van der Waals surface area contributed by atoms with Crippen LogP contribution in [-0.2, 0) is 15.7 Å². The maximum atomic E-state index is 13.1. The summed E-state index contributed by atoms with van der Waals surface area (Å²) in [5.41, 5.74) is -0.366. The van der Waals surface area contributed by atoms with Gasteiger partial charge in [0, 0.05) is 6.07 Å². The lowest BCUT2D eigenvalue weighted by molar-refractivity contribution is -0.146. The third kappa shape index (κ3) is 5.99. The minimum Gasteiger partial charge on any atom is -0.426 e. The molecule has 3 rings (SSSR count). The third-order valence-electron chi connectivity index (χ3n) is 5.77. The zero-order valence-corrected chi connectivity index (χ0v) is 20.0. The van der Waals surface area contributed by atoms with E-state index in [4.69, 9.17) is 4.74 Å². The smallest absolute Gasteiger partial charge is 0.395 e. The van der Waals surface area contributed by atoms with Crippen LogP contribution in [0.5, 0.6) is 5.75 Å². The van der Waals surface area contributed by atoms with E-state index in [2.05, 4.69) is 0 Å². The van der Waals surface area contributed by atoms with E-state index in [1.165, 1.54) is 6.92 Å². The average Bonchev–Trinajstić information content (AvgIpc) is 2.79. The number of rotatable bonds is 7. The summed E-state index contributed by atoms with van der Waals surface area (Å²) in [6.45, 7) is 6.80. The highest BCUT2D eigenvalue weighted by Crippen LogP contribution is 2.37. The van der Waals surface area contributed by atoms with Crippen LogP contribution in [-0.4, -0.2) is 12.1 Å². The number of alkyl halides is 3. The molecule has 0 aliphatic rings. The van der Waals surface area contributed by atoms with Crippen molar-refractivity contribution in [3.8, 4) is 5.75 Å². The standard InChI is InChI=1S/C27H28F3O2S/c1-5-26(3,4)25(31)32-21-10-9-13-24(18-21)33(22-11-7-6-8-12-22)23-16-14-20(15-17-23)19(2)27(28,29)30/h6-19H,5H2,1-4H3/q+1. The van der Waals surface area contributed by atoms with Gasteiger partial charge in [-0.15, -0.1) is 0 Å². The summed E-state index contributed by atoms with van der Waals surface area (Å²) in [7, 11) is -0.578. The second-order valence-corrected chi connectivity index (χ2v) is 10.6. The topological polar surface area (TPSA) is 26.3 Å². The fraction of sp³-hybridized carbons (Fsp3) is 0.296. The maximum absolute atomic E-state index is 13.1. The quantitative estimate of drug-likeness (QED) is 0.199. The molecule has 3 aromatic carbocycles. The number of benzene rings is 3. The van der Waals surface area contributed by atoms with Gasteiger partial charge < -0.3 is 4.74 Å². The molecule has 2 unspecified atom stereocenters. The molecule has 0 amide bonds. The van der Waals surface area contributed by atoms with Crippen LogP contribution in [0.4, 0.5) is 13.2 Å². The van der Waals surface area contributed by atoms with E-state index >= 15 is 0 Å². The maximum Gasteiger partial charge on any atom is 0.395 e. The zero-order valence-electron chi connectivity index (χ0n) is 19.1. The molecule has 0 heterocycles. The van der Waals surface area contributed by atoms with Gasteiger partial charge >= 0.3 is 12.1 Å². The first-order valence-electron chi connectivity index (χ1n) is 10.8. The minimum atomic E-state index is -4.28. The summed E-state index contributed by atoms with van der Waals surface area (Å²) in [4.78, 5) is 15.4. The fourth-order valence-electron chi connectivity index (χ4n) is 3.10. The highest BCUT2D eigenvalue weighted by Gasteiger charge is 2.37. The van der Waals surface area contributed by atoms with Gasteiger partial charge in [-0.25, -0.2) is 0 Å². The summed E-state index contributed by atoms with van der Waals surface area (Å²) < 4.78 is 45.1. The summed E-state index contributed by atoms with van der Waals surface area (Å²) in [5, 5.41) is 0. The van der Waals surface area contributed by atoms with Crippen LogP contribution < -0.4 is 4.74 Å². The molecule has 0 fully saturated rings. The minimum absolute atomic E-state index is 0.229. The first-order chi connectivity index (χ1) is 15.5. The summed E-state index contributed by atoms with van der Waals surface area (Å²) in [5.74, 6) is -1.38. The van der Waals surface area contributed by atoms with E-state index in [-0.39, 0.29) is 11.5 Å². The second-order valence-electron chi connectivity index (χ2n) is 8.55.